The predicted octanol–water partition coefficient (Wildman–Crippen LogP) is 5.08. The number of amides is 2. The summed E-state index contributed by atoms with van der Waals surface area (Å²) in [7, 11) is 0. The van der Waals surface area contributed by atoms with E-state index in [2.05, 4.69) is 5.32 Å². The van der Waals surface area contributed by atoms with Crippen molar-refractivity contribution in [2.45, 2.75) is 37.9 Å². The molecule has 1 saturated heterocycles. The number of carbonyl (C=O) groups excluding carboxylic acids is 1. The van der Waals surface area contributed by atoms with Gasteiger partial charge >= 0.3 is 18.4 Å². The second-order valence-corrected chi connectivity index (χ2v) is 7.87. The van der Waals surface area contributed by atoms with E-state index in [1.165, 1.54) is 0 Å². The molecule has 1 atom stereocenters. The van der Waals surface area contributed by atoms with E-state index in [1.807, 2.05) is 30.3 Å². The van der Waals surface area contributed by atoms with Gasteiger partial charge in [-0.25, -0.2) is 13.6 Å². The number of nitrogens with one attached hydrogen (secondary N) is 1. The molecule has 1 heterocycles. The summed E-state index contributed by atoms with van der Waals surface area (Å²) in [6.45, 7) is -0.683. The quantitative estimate of drug-likeness (QED) is 0.547. The summed E-state index contributed by atoms with van der Waals surface area (Å²) in [5.74, 6) is -4.14. The number of aliphatic hydroxyl groups is 1. The van der Waals surface area contributed by atoms with Crippen molar-refractivity contribution in [1.82, 2.24) is 4.90 Å². The Hall–Kier alpha value is -2.65. The first-order chi connectivity index (χ1) is 15.3. The van der Waals surface area contributed by atoms with E-state index in [9.17, 15) is 27.5 Å². The molecule has 1 aliphatic heterocycles. The van der Waals surface area contributed by atoms with E-state index in [0.717, 1.165) is 5.56 Å². The Bertz CT molecular complexity index is 875. The third-order valence-corrected chi connectivity index (χ3v) is 5.48. The highest BCUT2D eigenvalue weighted by atomic mass is 19.3. The van der Waals surface area contributed by atoms with Crippen LogP contribution in [0.2, 0.25) is 0 Å². The number of hydrogen-bond acceptors (Lipinski definition) is 3. The van der Waals surface area contributed by atoms with Gasteiger partial charge in [0, 0.05) is 18.8 Å². The fourth-order valence-electron chi connectivity index (χ4n) is 3.65. The molecule has 0 spiro atoms. The average Bonchev–Trinajstić information content (AvgIpc) is 2.79. The van der Waals surface area contributed by atoms with Gasteiger partial charge in [-0.1, -0.05) is 42.5 Å². The number of likely N-dealkylation sites (tertiary alicyclic amines) is 1. The van der Waals surface area contributed by atoms with E-state index in [1.54, 1.807) is 29.2 Å². The Balaban J connectivity index is 1.47. The molecule has 1 fully saturated rings. The molecule has 3 rings (SSSR count). The topological polar surface area (TPSA) is 61.8 Å². The van der Waals surface area contributed by atoms with Crippen molar-refractivity contribution < 1.29 is 32.2 Å². The minimum absolute atomic E-state index is 0.0632. The summed E-state index contributed by atoms with van der Waals surface area (Å²) in [5, 5.41) is 13.3. The molecule has 32 heavy (non-hydrogen) atoms. The number of alkyl halides is 4. The number of ether oxygens (including phenoxy) is 1. The molecular weight excluding hydrogens is 428 g/mol. The van der Waals surface area contributed by atoms with Gasteiger partial charge < -0.3 is 20.1 Å². The van der Waals surface area contributed by atoms with Gasteiger partial charge in [-0.2, -0.15) is 8.78 Å². The highest BCUT2D eigenvalue weighted by Gasteiger charge is 2.40. The van der Waals surface area contributed by atoms with Crippen molar-refractivity contribution >= 4 is 11.7 Å². The Morgan fingerprint density at radius 2 is 1.81 bits per heavy atom. The van der Waals surface area contributed by atoms with Crippen molar-refractivity contribution in [3.63, 3.8) is 0 Å². The van der Waals surface area contributed by atoms with Crippen LogP contribution in [0, 0.1) is 5.92 Å². The summed E-state index contributed by atoms with van der Waals surface area (Å²) in [6.07, 6.45) is -3.03. The molecule has 0 radical (unpaired) electrons. The largest absolute Gasteiger partial charge is 0.388 e. The first kappa shape index (κ1) is 24.0. The van der Waals surface area contributed by atoms with Crippen molar-refractivity contribution in [3.8, 4) is 0 Å². The number of anilines is 1. The van der Waals surface area contributed by atoms with Crippen molar-refractivity contribution in [1.29, 1.82) is 0 Å². The molecule has 9 heteroatoms. The lowest BCUT2D eigenvalue weighted by atomic mass is 9.87. The molecule has 0 aliphatic carbocycles. The van der Waals surface area contributed by atoms with Crippen LogP contribution >= 0.6 is 0 Å². The van der Waals surface area contributed by atoms with Gasteiger partial charge in [-0.05, 0) is 42.0 Å². The molecule has 2 amide bonds. The van der Waals surface area contributed by atoms with E-state index in [-0.39, 0.29) is 18.6 Å². The van der Waals surface area contributed by atoms with E-state index < -0.39 is 25.1 Å². The monoisotopic (exact) mass is 454 g/mol. The third kappa shape index (κ3) is 6.43. The van der Waals surface area contributed by atoms with Crippen molar-refractivity contribution in [3.05, 3.63) is 65.7 Å². The van der Waals surface area contributed by atoms with Crippen molar-refractivity contribution in [2.75, 3.05) is 25.0 Å². The Labute approximate surface area is 184 Å². The number of hydrogen-bond donors (Lipinski definition) is 2. The highest BCUT2D eigenvalue weighted by molar-refractivity contribution is 5.89. The first-order valence-electron chi connectivity index (χ1n) is 10.4. The zero-order valence-electron chi connectivity index (χ0n) is 17.4. The van der Waals surface area contributed by atoms with Gasteiger partial charge in [-0.15, -0.1) is 0 Å². The minimum atomic E-state index is -4.20. The number of nitrogens with zero attached hydrogens (tertiary/aromatic N) is 1. The predicted molar refractivity (Wildman–Crippen MR) is 112 cm³/mol. The zero-order chi connectivity index (χ0) is 23.1. The molecule has 1 aliphatic rings. The van der Waals surface area contributed by atoms with E-state index in [0.29, 0.717) is 37.2 Å². The van der Waals surface area contributed by atoms with Crippen LogP contribution in [-0.2, 0) is 11.3 Å². The number of carbonyl (C=O) groups is 1. The molecule has 2 N–H and O–H groups in total. The molecule has 0 saturated carbocycles. The number of halogens is 4. The van der Waals surface area contributed by atoms with Crippen LogP contribution in [0.5, 0.6) is 0 Å². The van der Waals surface area contributed by atoms with Gasteiger partial charge in [-0.3, -0.25) is 0 Å². The lowest BCUT2D eigenvalue weighted by Crippen LogP contribution is -2.42. The SMILES string of the molecule is O=C(Nc1cccc(COCC(F)(F)C(F)F)c1)N1CCC(C(O)c2ccccc2)CC1. The maximum Gasteiger partial charge on any atom is 0.330 e. The number of aliphatic hydroxyl groups excluding tert-OH is 1. The zero-order valence-corrected chi connectivity index (χ0v) is 17.4. The van der Waals surface area contributed by atoms with Gasteiger partial charge in [0.25, 0.3) is 0 Å². The summed E-state index contributed by atoms with van der Waals surface area (Å²) in [5.41, 5.74) is 1.78. The number of piperidine rings is 1. The standard InChI is InChI=1S/C23H26F4N2O3/c24-21(25)23(26,27)15-32-14-16-5-4-8-19(13-16)28-22(31)29-11-9-18(10-12-29)20(30)17-6-2-1-3-7-17/h1-8,13,18,20-21,30H,9-12,14-15H2,(H,28,31). The van der Waals surface area contributed by atoms with Gasteiger partial charge in [0.1, 0.15) is 6.61 Å². The molecule has 2 aromatic carbocycles. The van der Waals surface area contributed by atoms with Crippen molar-refractivity contribution in [2.24, 2.45) is 5.92 Å². The van der Waals surface area contributed by atoms with Crippen LogP contribution in [-0.4, -0.2) is 48.1 Å². The summed E-state index contributed by atoms with van der Waals surface area (Å²) in [6, 6.07) is 15.5. The van der Waals surface area contributed by atoms with Gasteiger partial charge in [0.2, 0.25) is 0 Å². The van der Waals surface area contributed by atoms with E-state index in [4.69, 9.17) is 4.74 Å². The summed E-state index contributed by atoms with van der Waals surface area (Å²) < 4.78 is 54.9. The molecule has 0 bridgehead atoms. The molecule has 0 aromatic heterocycles. The Kier molecular flexibility index (Phi) is 8.09. The highest BCUT2D eigenvalue weighted by Crippen LogP contribution is 2.31. The van der Waals surface area contributed by atoms with Crippen LogP contribution in [0.15, 0.2) is 54.6 Å². The van der Waals surface area contributed by atoms with Crippen LogP contribution < -0.4 is 5.32 Å². The van der Waals surface area contributed by atoms with Gasteiger partial charge in [0.15, 0.2) is 0 Å². The molecule has 5 nitrogen and oxygen atoms in total. The second kappa shape index (κ2) is 10.8. The lowest BCUT2D eigenvalue weighted by molar-refractivity contribution is -0.168. The number of benzene rings is 2. The third-order valence-electron chi connectivity index (χ3n) is 5.48. The van der Waals surface area contributed by atoms with E-state index >= 15 is 0 Å². The van der Waals surface area contributed by atoms with Crippen LogP contribution in [0.3, 0.4) is 0 Å². The summed E-state index contributed by atoms with van der Waals surface area (Å²) in [4.78, 5) is 14.2. The molecule has 2 aromatic rings. The van der Waals surface area contributed by atoms with Gasteiger partial charge in [0.05, 0.1) is 12.7 Å². The van der Waals surface area contributed by atoms with Crippen LogP contribution in [0.4, 0.5) is 28.0 Å². The Morgan fingerprint density at radius 1 is 1.12 bits per heavy atom. The summed E-state index contributed by atoms with van der Waals surface area (Å²) >= 11 is 0. The first-order valence-corrected chi connectivity index (χ1v) is 10.4. The number of rotatable bonds is 8. The molecule has 174 valence electrons. The fourth-order valence-corrected chi connectivity index (χ4v) is 3.65. The fraction of sp³-hybridized carbons (Fsp3) is 0.435. The molecular formula is C23H26F4N2O3. The lowest BCUT2D eigenvalue weighted by Gasteiger charge is -2.34. The molecule has 1 unspecified atom stereocenters. The minimum Gasteiger partial charge on any atom is -0.388 e. The normalized spacial score (nSPS) is 16.2. The average molecular weight is 454 g/mol. The van der Waals surface area contributed by atoms with Crippen LogP contribution in [0.1, 0.15) is 30.1 Å². The maximum absolute atomic E-state index is 12.9. The maximum atomic E-state index is 12.9. The van der Waals surface area contributed by atoms with Crippen LogP contribution in [0.25, 0.3) is 0 Å². The smallest absolute Gasteiger partial charge is 0.330 e. The Morgan fingerprint density at radius 3 is 2.47 bits per heavy atom. The number of urea groups is 1. The second-order valence-electron chi connectivity index (χ2n) is 7.87.